The van der Waals surface area contributed by atoms with Gasteiger partial charge in [-0.3, -0.25) is 5.43 Å². The normalized spacial score (nSPS) is 11.3. The van der Waals surface area contributed by atoms with Crippen LogP contribution >= 0.6 is 11.6 Å². The minimum Gasteiger partial charge on any atom is -0.277 e. The molecule has 0 unspecified atom stereocenters. The lowest BCUT2D eigenvalue weighted by atomic mass is 10.3. The van der Waals surface area contributed by atoms with Crippen molar-refractivity contribution in [2.45, 2.75) is 13.3 Å². The first-order valence-corrected chi connectivity index (χ1v) is 4.24. The molecule has 0 aliphatic carbocycles. The maximum Gasteiger partial charge on any atom is 0.126 e. The number of para-hydroxylation sites is 1. The molecule has 12 heavy (non-hydrogen) atoms. The molecule has 0 aliphatic rings. The fourth-order valence-electron chi connectivity index (χ4n) is 0.717. The van der Waals surface area contributed by atoms with Crippen molar-refractivity contribution in [1.82, 2.24) is 0 Å². The molecule has 0 radical (unpaired) electrons. The van der Waals surface area contributed by atoms with Crippen LogP contribution in [0.5, 0.6) is 0 Å². The van der Waals surface area contributed by atoms with Crippen molar-refractivity contribution < 1.29 is 0 Å². The van der Waals surface area contributed by atoms with E-state index < -0.39 is 0 Å². The van der Waals surface area contributed by atoms with E-state index in [1.165, 1.54) is 0 Å². The largest absolute Gasteiger partial charge is 0.277 e. The zero-order valence-electron chi connectivity index (χ0n) is 6.92. The summed E-state index contributed by atoms with van der Waals surface area (Å²) in [5.74, 6) is 0. The molecule has 0 bridgehead atoms. The first-order chi connectivity index (χ1) is 5.83. The lowest BCUT2D eigenvalue weighted by Crippen LogP contribution is -1.92. The van der Waals surface area contributed by atoms with E-state index in [1.807, 2.05) is 37.3 Å². The van der Waals surface area contributed by atoms with Crippen molar-refractivity contribution in [2.24, 2.45) is 5.10 Å². The van der Waals surface area contributed by atoms with E-state index in [4.69, 9.17) is 11.6 Å². The van der Waals surface area contributed by atoms with Crippen LogP contribution in [-0.2, 0) is 0 Å². The minimum atomic E-state index is 0.582. The Hall–Kier alpha value is -1.02. The second-order valence-corrected chi connectivity index (χ2v) is 2.76. The van der Waals surface area contributed by atoms with Gasteiger partial charge in [0.2, 0.25) is 0 Å². The van der Waals surface area contributed by atoms with E-state index in [-0.39, 0.29) is 0 Å². The Kier molecular flexibility index (Phi) is 3.61. The van der Waals surface area contributed by atoms with E-state index in [0.29, 0.717) is 5.17 Å². The first-order valence-electron chi connectivity index (χ1n) is 3.86. The highest BCUT2D eigenvalue weighted by Gasteiger charge is 1.88. The summed E-state index contributed by atoms with van der Waals surface area (Å²) < 4.78 is 0. The SMILES string of the molecule is CC/C(Cl)=N/Nc1ccccc1. The number of halogens is 1. The van der Waals surface area contributed by atoms with E-state index in [0.717, 1.165) is 12.1 Å². The predicted octanol–water partition coefficient (Wildman–Crippen LogP) is 3.06. The van der Waals surface area contributed by atoms with Crippen molar-refractivity contribution in [3.05, 3.63) is 30.3 Å². The smallest absolute Gasteiger partial charge is 0.126 e. The van der Waals surface area contributed by atoms with Crippen molar-refractivity contribution in [2.75, 3.05) is 5.43 Å². The summed E-state index contributed by atoms with van der Waals surface area (Å²) in [6.07, 6.45) is 0.751. The van der Waals surface area contributed by atoms with Crippen LogP contribution in [0.15, 0.2) is 35.4 Å². The second kappa shape index (κ2) is 4.78. The van der Waals surface area contributed by atoms with Crippen LogP contribution < -0.4 is 5.43 Å². The fraction of sp³-hybridized carbons (Fsp3) is 0.222. The number of rotatable bonds is 3. The quantitative estimate of drug-likeness (QED) is 0.564. The first kappa shape index (κ1) is 9.07. The van der Waals surface area contributed by atoms with Gasteiger partial charge in [-0.2, -0.15) is 5.10 Å². The van der Waals surface area contributed by atoms with Gasteiger partial charge in [-0.05, 0) is 18.6 Å². The van der Waals surface area contributed by atoms with Gasteiger partial charge in [0.05, 0.1) is 5.69 Å². The highest BCUT2D eigenvalue weighted by molar-refractivity contribution is 6.65. The molecule has 0 heterocycles. The molecule has 2 nitrogen and oxygen atoms in total. The van der Waals surface area contributed by atoms with Gasteiger partial charge in [0.1, 0.15) is 5.17 Å². The van der Waals surface area contributed by atoms with E-state index >= 15 is 0 Å². The molecule has 3 heteroatoms. The standard InChI is InChI=1S/C9H11ClN2/c1-2-9(10)12-11-8-6-4-3-5-7-8/h3-7,11H,2H2,1H3/b12-9-. The number of hydrogen-bond donors (Lipinski definition) is 1. The van der Waals surface area contributed by atoms with Gasteiger partial charge in [0.25, 0.3) is 0 Å². The average molecular weight is 183 g/mol. The maximum absolute atomic E-state index is 5.70. The van der Waals surface area contributed by atoms with Gasteiger partial charge >= 0.3 is 0 Å². The number of hydrogen-bond acceptors (Lipinski definition) is 2. The van der Waals surface area contributed by atoms with E-state index in [2.05, 4.69) is 10.5 Å². The van der Waals surface area contributed by atoms with Crippen LogP contribution in [0.3, 0.4) is 0 Å². The molecule has 1 rings (SSSR count). The Morgan fingerprint density at radius 1 is 1.42 bits per heavy atom. The molecule has 0 fully saturated rings. The molecular formula is C9H11ClN2. The van der Waals surface area contributed by atoms with Gasteiger partial charge in [-0.25, -0.2) is 0 Å². The van der Waals surface area contributed by atoms with Gasteiger partial charge in [-0.15, -0.1) is 0 Å². The highest BCUT2D eigenvalue weighted by Crippen LogP contribution is 2.05. The molecule has 0 spiro atoms. The van der Waals surface area contributed by atoms with Gasteiger partial charge < -0.3 is 0 Å². The van der Waals surface area contributed by atoms with Crippen LogP contribution in [0.2, 0.25) is 0 Å². The number of nitrogens with one attached hydrogen (secondary N) is 1. The monoisotopic (exact) mass is 182 g/mol. The van der Waals surface area contributed by atoms with Crippen molar-refractivity contribution >= 4 is 22.5 Å². The zero-order valence-corrected chi connectivity index (χ0v) is 7.67. The topological polar surface area (TPSA) is 24.4 Å². The summed E-state index contributed by atoms with van der Waals surface area (Å²) in [6.45, 7) is 1.96. The molecule has 1 aromatic carbocycles. The van der Waals surface area contributed by atoms with Crippen LogP contribution in [-0.4, -0.2) is 5.17 Å². The number of nitrogens with zero attached hydrogens (tertiary/aromatic N) is 1. The van der Waals surface area contributed by atoms with Gasteiger partial charge in [0, 0.05) is 0 Å². The lowest BCUT2D eigenvalue weighted by Gasteiger charge is -1.98. The Morgan fingerprint density at radius 2 is 2.08 bits per heavy atom. The van der Waals surface area contributed by atoms with Crippen LogP contribution in [0.1, 0.15) is 13.3 Å². The fourth-order valence-corrected chi connectivity index (χ4v) is 0.759. The zero-order chi connectivity index (χ0) is 8.81. The average Bonchev–Trinajstić information content (AvgIpc) is 2.16. The molecule has 1 N–H and O–H groups in total. The summed E-state index contributed by atoms with van der Waals surface area (Å²) in [4.78, 5) is 0. The minimum absolute atomic E-state index is 0.582. The van der Waals surface area contributed by atoms with Gasteiger partial charge in [0.15, 0.2) is 0 Å². The summed E-state index contributed by atoms with van der Waals surface area (Å²) in [6, 6.07) is 9.71. The van der Waals surface area contributed by atoms with Gasteiger partial charge in [-0.1, -0.05) is 36.7 Å². The Bertz CT molecular complexity index is 256. The summed E-state index contributed by atoms with van der Waals surface area (Å²) in [5.41, 5.74) is 3.80. The molecule has 0 aromatic heterocycles. The molecule has 0 saturated heterocycles. The van der Waals surface area contributed by atoms with E-state index in [9.17, 15) is 0 Å². The molecule has 0 atom stereocenters. The third-order valence-corrected chi connectivity index (χ3v) is 1.72. The third-order valence-electron chi connectivity index (χ3n) is 1.37. The number of hydrazone groups is 1. The van der Waals surface area contributed by atoms with Crippen LogP contribution in [0, 0.1) is 0 Å². The molecule has 0 amide bonds. The lowest BCUT2D eigenvalue weighted by molar-refractivity contribution is 1.25. The molecule has 1 aromatic rings. The van der Waals surface area contributed by atoms with Crippen LogP contribution in [0.25, 0.3) is 0 Å². The Labute approximate surface area is 77.2 Å². The van der Waals surface area contributed by atoms with Crippen molar-refractivity contribution in [1.29, 1.82) is 0 Å². The molecule has 0 aliphatic heterocycles. The van der Waals surface area contributed by atoms with Crippen molar-refractivity contribution in [3.8, 4) is 0 Å². The molecule has 0 saturated carbocycles. The molecule has 64 valence electrons. The summed E-state index contributed by atoms with van der Waals surface area (Å²) in [7, 11) is 0. The Morgan fingerprint density at radius 3 is 2.67 bits per heavy atom. The number of anilines is 1. The maximum atomic E-state index is 5.70. The third kappa shape index (κ3) is 2.93. The highest BCUT2D eigenvalue weighted by atomic mass is 35.5. The predicted molar refractivity (Wildman–Crippen MR) is 53.6 cm³/mol. The summed E-state index contributed by atoms with van der Waals surface area (Å²) in [5, 5.41) is 4.53. The van der Waals surface area contributed by atoms with Crippen molar-refractivity contribution in [3.63, 3.8) is 0 Å². The number of benzene rings is 1. The molecular weight excluding hydrogens is 172 g/mol. The Balaban J connectivity index is 2.54. The van der Waals surface area contributed by atoms with E-state index in [1.54, 1.807) is 0 Å². The summed E-state index contributed by atoms with van der Waals surface area (Å²) >= 11 is 5.70. The van der Waals surface area contributed by atoms with Crippen LogP contribution in [0.4, 0.5) is 5.69 Å². The second-order valence-electron chi connectivity index (χ2n) is 2.32.